The Morgan fingerprint density at radius 2 is 0.800 bits per heavy atom. The standard InChI is InChI=1S/C65H123N2O7P/c1-6-8-10-12-14-16-18-20-21-22-23-24-25-26-27-28-29-30-31-32-33-34-35-36-37-38-39-40-41-42-43-44-45-46-48-50-52-54-56-58-64(69)66-62(61-74-75(71,72)73-60-59-67(3,4)5)65(70)63(68)57-55-53-51-49-47-19-17-15-13-11-9-7-2/h15,17-18,20,22-23,25-26,49,51,62-63,65,68,70H,6-14,16,19,21,24,27-48,50,52-61H2,1-5H3,(H-,66,69,71,72)/p+1/b17-15+,20-18-,23-22-,26-25-,51-49+. The minimum Gasteiger partial charge on any atom is -0.390 e. The first-order valence-corrected chi connectivity index (χ1v) is 33.2. The van der Waals surface area contributed by atoms with Gasteiger partial charge >= 0.3 is 7.82 Å². The Morgan fingerprint density at radius 3 is 1.23 bits per heavy atom. The summed E-state index contributed by atoms with van der Waals surface area (Å²) in [6.07, 6.45) is 72.1. The Hall–Kier alpha value is -1.84. The van der Waals surface area contributed by atoms with E-state index in [1.165, 1.54) is 199 Å². The Labute approximate surface area is 464 Å². The zero-order valence-corrected chi connectivity index (χ0v) is 50.8. The molecule has 4 N–H and O–H groups in total. The quantitative estimate of drug-likeness (QED) is 0.0207. The van der Waals surface area contributed by atoms with E-state index in [0.29, 0.717) is 23.9 Å². The van der Waals surface area contributed by atoms with Crippen molar-refractivity contribution in [2.75, 3.05) is 40.9 Å². The number of phosphoric ester groups is 1. The lowest BCUT2D eigenvalue weighted by Gasteiger charge is -2.28. The second-order valence-corrected chi connectivity index (χ2v) is 24.4. The van der Waals surface area contributed by atoms with E-state index in [0.717, 1.165) is 57.8 Å². The number of aliphatic hydroxyl groups excluding tert-OH is 2. The van der Waals surface area contributed by atoms with Crippen LogP contribution in [0.4, 0.5) is 0 Å². The van der Waals surface area contributed by atoms with Crippen molar-refractivity contribution < 1.29 is 38.0 Å². The molecule has 0 aromatic heterocycles. The molecule has 0 bridgehead atoms. The van der Waals surface area contributed by atoms with Crippen LogP contribution < -0.4 is 5.32 Å². The molecule has 1 amide bonds. The smallest absolute Gasteiger partial charge is 0.390 e. The van der Waals surface area contributed by atoms with Crippen molar-refractivity contribution in [3.05, 3.63) is 60.8 Å². The van der Waals surface area contributed by atoms with Gasteiger partial charge in [-0.1, -0.05) is 254 Å². The number of quaternary nitrogens is 1. The van der Waals surface area contributed by atoms with Crippen molar-refractivity contribution in [1.82, 2.24) is 5.32 Å². The lowest BCUT2D eigenvalue weighted by atomic mass is 10.0. The maximum Gasteiger partial charge on any atom is 0.472 e. The number of nitrogens with one attached hydrogen (secondary N) is 1. The Balaban J connectivity index is 3.95. The highest BCUT2D eigenvalue weighted by Crippen LogP contribution is 2.43. The molecule has 9 nitrogen and oxygen atoms in total. The van der Waals surface area contributed by atoms with Crippen LogP contribution in [0.1, 0.15) is 290 Å². The molecule has 0 saturated carbocycles. The summed E-state index contributed by atoms with van der Waals surface area (Å²) in [6.45, 7) is 4.55. The molecular weight excluding hydrogens is 952 g/mol. The van der Waals surface area contributed by atoms with Crippen LogP contribution in [-0.4, -0.2) is 84.6 Å². The maximum absolute atomic E-state index is 13.0. The van der Waals surface area contributed by atoms with Crippen LogP contribution in [0.25, 0.3) is 0 Å². The molecule has 0 heterocycles. The number of unbranched alkanes of at least 4 members (excludes halogenated alkanes) is 34. The van der Waals surface area contributed by atoms with Gasteiger partial charge in [0.15, 0.2) is 0 Å². The van der Waals surface area contributed by atoms with Gasteiger partial charge in [-0.3, -0.25) is 13.8 Å². The molecule has 0 aliphatic carbocycles. The average Bonchev–Trinajstić information content (AvgIpc) is 3.37. The fraction of sp³-hybridized carbons (Fsp3) is 0.831. The molecule has 0 aromatic carbocycles. The second-order valence-electron chi connectivity index (χ2n) is 22.9. The number of rotatable bonds is 58. The number of carbonyl (C=O) groups excluding carboxylic acids is 1. The fourth-order valence-corrected chi connectivity index (χ4v) is 10.0. The molecule has 0 rings (SSSR count). The monoisotopic (exact) mass is 1080 g/mol. The topological polar surface area (TPSA) is 125 Å². The van der Waals surface area contributed by atoms with E-state index in [4.69, 9.17) is 9.05 Å². The van der Waals surface area contributed by atoms with Crippen LogP contribution in [0.5, 0.6) is 0 Å². The molecule has 440 valence electrons. The number of likely N-dealkylation sites (N-methyl/N-ethyl adjacent to an activating group) is 1. The maximum atomic E-state index is 13.0. The molecule has 75 heavy (non-hydrogen) atoms. The Kier molecular flexibility index (Phi) is 54.1. The molecule has 0 aliphatic heterocycles. The van der Waals surface area contributed by atoms with Gasteiger partial charge in [0.25, 0.3) is 0 Å². The van der Waals surface area contributed by atoms with Crippen molar-refractivity contribution in [3.8, 4) is 0 Å². The van der Waals surface area contributed by atoms with E-state index in [-0.39, 0.29) is 18.9 Å². The number of allylic oxidation sites excluding steroid dienone is 10. The average molecular weight is 1080 g/mol. The van der Waals surface area contributed by atoms with Gasteiger partial charge in [-0.05, 0) is 89.9 Å². The number of aliphatic hydroxyl groups is 2. The third kappa shape index (κ3) is 56.7. The normalized spacial score (nSPS) is 14.6. The van der Waals surface area contributed by atoms with Crippen LogP contribution in [-0.2, 0) is 18.4 Å². The van der Waals surface area contributed by atoms with Gasteiger partial charge in [-0.2, -0.15) is 0 Å². The highest BCUT2D eigenvalue weighted by Gasteiger charge is 2.32. The molecule has 0 radical (unpaired) electrons. The van der Waals surface area contributed by atoms with Gasteiger partial charge in [0.1, 0.15) is 19.3 Å². The van der Waals surface area contributed by atoms with Crippen LogP contribution in [0.3, 0.4) is 0 Å². The predicted octanol–water partition coefficient (Wildman–Crippen LogP) is 18.6. The summed E-state index contributed by atoms with van der Waals surface area (Å²) in [5, 5.41) is 24.8. The molecule has 0 aliphatic rings. The first-order valence-electron chi connectivity index (χ1n) is 31.7. The molecule has 4 atom stereocenters. The molecule has 0 fully saturated rings. The minimum atomic E-state index is -4.43. The number of hydrogen-bond donors (Lipinski definition) is 4. The van der Waals surface area contributed by atoms with E-state index in [1.54, 1.807) is 0 Å². The van der Waals surface area contributed by atoms with E-state index < -0.39 is 32.7 Å². The zero-order chi connectivity index (χ0) is 55.0. The van der Waals surface area contributed by atoms with Crippen molar-refractivity contribution in [2.45, 2.75) is 308 Å². The summed E-state index contributed by atoms with van der Waals surface area (Å²) >= 11 is 0. The van der Waals surface area contributed by atoms with E-state index in [1.807, 2.05) is 21.1 Å². The van der Waals surface area contributed by atoms with E-state index >= 15 is 0 Å². The third-order valence-corrected chi connectivity index (χ3v) is 15.3. The van der Waals surface area contributed by atoms with Gasteiger partial charge in [-0.15, -0.1) is 0 Å². The largest absolute Gasteiger partial charge is 0.472 e. The summed E-state index contributed by atoms with van der Waals surface area (Å²) in [5.74, 6) is -0.269. The number of amides is 1. The predicted molar refractivity (Wildman–Crippen MR) is 324 cm³/mol. The Morgan fingerprint density at radius 1 is 0.467 bits per heavy atom. The van der Waals surface area contributed by atoms with Crippen molar-refractivity contribution in [3.63, 3.8) is 0 Å². The molecule has 0 saturated heterocycles. The molecular formula is C65H124N2O7P+. The third-order valence-electron chi connectivity index (χ3n) is 14.3. The minimum absolute atomic E-state index is 0.0139. The van der Waals surface area contributed by atoms with Gasteiger partial charge in [0.05, 0.1) is 39.9 Å². The first-order chi connectivity index (χ1) is 36.4. The highest BCUT2D eigenvalue weighted by molar-refractivity contribution is 7.47. The Bertz CT molecular complexity index is 1420. The number of hydrogen-bond acceptors (Lipinski definition) is 6. The van der Waals surface area contributed by atoms with Crippen molar-refractivity contribution in [2.24, 2.45) is 0 Å². The molecule has 0 aromatic rings. The zero-order valence-electron chi connectivity index (χ0n) is 49.9. The van der Waals surface area contributed by atoms with Gasteiger partial charge in [0.2, 0.25) is 5.91 Å². The van der Waals surface area contributed by atoms with Gasteiger partial charge in [-0.25, -0.2) is 4.57 Å². The van der Waals surface area contributed by atoms with Crippen molar-refractivity contribution >= 4 is 13.7 Å². The SMILES string of the molecule is CCCCC/C=C/CC/C=C/CCCC(O)C(O)C(COP(=O)(O)OCC[N+](C)(C)C)NC(=O)CCCCCCCCCCCCCCCCCCCCCCCCCC/C=C\C/C=C\C/C=C\CCCCCCC. The number of phosphoric acid groups is 1. The highest BCUT2D eigenvalue weighted by atomic mass is 31.2. The fourth-order valence-electron chi connectivity index (χ4n) is 9.29. The van der Waals surface area contributed by atoms with E-state index in [2.05, 4.69) is 79.9 Å². The van der Waals surface area contributed by atoms with Crippen LogP contribution >= 0.6 is 7.82 Å². The van der Waals surface area contributed by atoms with Crippen LogP contribution in [0.2, 0.25) is 0 Å². The lowest BCUT2D eigenvalue weighted by molar-refractivity contribution is -0.870. The van der Waals surface area contributed by atoms with Crippen LogP contribution in [0.15, 0.2) is 60.8 Å². The van der Waals surface area contributed by atoms with Gasteiger partial charge < -0.3 is 24.9 Å². The molecule has 4 unspecified atom stereocenters. The van der Waals surface area contributed by atoms with Crippen molar-refractivity contribution in [1.29, 1.82) is 0 Å². The second kappa shape index (κ2) is 55.5. The summed E-state index contributed by atoms with van der Waals surface area (Å²) in [5.41, 5.74) is 0. The summed E-state index contributed by atoms with van der Waals surface area (Å²) in [4.78, 5) is 23.3. The molecule has 0 spiro atoms. The number of carbonyl (C=O) groups is 1. The van der Waals surface area contributed by atoms with Crippen LogP contribution in [0, 0.1) is 0 Å². The van der Waals surface area contributed by atoms with Gasteiger partial charge in [0, 0.05) is 6.42 Å². The van der Waals surface area contributed by atoms with E-state index in [9.17, 15) is 24.5 Å². The summed E-state index contributed by atoms with van der Waals surface area (Å²) in [7, 11) is 1.41. The lowest BCUT2D eigenvalue weighted by Crippen LogP contribution is -2.51. The molecule has 10 heteroatoms. The number of nitrogens with zero attached hydrogens (tertiary/aromatic N) is 1. The summed E-state index contributed by atoms with van der Waals surface area (Å²) < 4.78 is 23.6. The first kappa shape index (κ1) is 73.2. The summed E-state index contributed by atoms with van der Waals surface area (Å²) in [6, 6.07) is -1.06.